The van der Waals surface area contributed by atoms with Crippen LogP contribution in [0.1, 0.15) is 10.4 Å². The number of rotatable bonds is 4. The predicted octanol–water partition coefficient (Wildman–Crippen LogP) is 1.39. The molecule has 0 aliphatic heterocycles. The summed E-state index contributed by atoms with van der Waals surface area (Å²) in [4.78, 5) is 24.5. The Morgan fingerprint density at radius 3 is 2.95 bits per heavy atom. The topological polar surface area (TPSA) is 65.6 Å². The first-order chi connectivity index (χ1) is 10.2. The van der Waals surface area contributed by atoms with Gasteiger partial charge in [0.1, 0.15) is 11.3 Å². The maximum atomic E-state index is 12.3. The third-order valence-corrected chi connectivity index (χ3v) is 3.24. The first-order valence-electron chi connectivity index (χ1n) is 6.39. The molecule has 0 radical (unpaired) electrons. The number of ketones is 1. The molecule has 0 saturated carbocycles. The molecule has 0 atom stereocenters. The second-order valence-electron chi connectivity index (χ2n) is 4.55. The molecule has 0 aliphatic carbocycles. The van der Waals surface area contributed by atoms with Crippen LogP contribution in [-0.2, 0) is 6.54 Å². The van der Waals surface area contributed by atoms with Crippen LogP contribution in [0.3, 0.4) is 0 Å². The molecule has 0 amide bonds. The highest BCUT2D eigenvalue weighted by Crippen LogP contribution is 2.13. The van der Waals surface area contributed by atoms with Gasteiger partial charge in [-0.3, -0.25) is 9.59 Å². The van der Waals surface area contributed by atoms with Gasteiger partial charge in [-0.25, -0.2) is 4.52 Å². The molecule has 3 rings (SSSR count). The molecular weight excluding hydrogens is 270 g/mol. The van der Waals surface area contributed by atoms with Gasteiger partial charge in [0.15, 0.2) is 5.78 Å². The molecule has 21 heavy (non-hydrogen) atoms. The third kappa shape index (κ3) is 2.43. The van der Waals surface area contributed by atoms with Crippen molar-refractivity contribution in [3.8, 4) is 5.75 Å². The van der Waals surface area contributed by atoms with E-state index in [4.69, 9.17) is 4.74 Å². The van der Waals surface area contributed by atoms with Gasteiger partial charge in [0.2, 0.25) is 0 Å². The fourth-order valence-corrected chi connectivity index (χ4v) is 2.13. The van der Waals surface area contributed by atoms with Crippen molar-refractivity contribution in [1.29, 1.82) is 0 Å². The van der Waals surface area contributed by atoms with Crippen LogP contribution in [0.15, 0.2) is 53.7 Å². The number of methoxy groups -OCH3 is 1. The molecule has 3 aromatic rings. The van der Waals surface area contributed by atoms with E-state index in [-0.39, 0.29) is 17.9 Å². The van der Waals surface area contributed by atoms with Crippen LogP contribution in [0.25, 0.3) is 5.52 Å². The molecule has 0 N–H and O–H groups in total. The van der Waals surface area contributed by atoms with E-state index in [0.717, 1.165) is 0 Å². The van der Waals surface area contributed by atoms with Gasteiger partial charge in [-0.2, -0.15) is 5.10 Å². The Balaban J connectivity index is 1.92. The van der Waals surface area contributed by atoms with Crippen LogP contribution in [0.5, 0.6) is 5.75 Å². The number of nitrogens with zero attached hydrogens (tertiary/aromatic N) is 3. The van der Waals surface area contributed by atoms with Gasteiger partial charge in [0, 0.05) is 18.0 Å². The lowest BCUT2D eigenvalue weighted by Crippen LogP contribution is -2.25. The van der Waals surface area contributed by atoms with E-state index in [9.17, 15) is 9.59 Å². The van der Waals surface area contributed by atoms with Crippen molar-refractivity contribution in [1.82, 2.24) is 14.2 Å². The van der Waals surface area contributed by atoms with Crippen LogP contribution >= 0.6 is 0 Å². The van der Waals surface area contributed by atoms with Gasteiger partial charge in [0.05, 0.1) is 19.9 Å². The Hall–Kier alpha value is -2.89. The lowest BCUT2D eigenvalue weighted by Gasteiger charge is -2.07. The zero-order chi connectivity index (χ0) is 14.8. The smallest absolute Gasteiger partial charge is 0.276 e. The van der Waals surface area contributed by atoms with Crippen LogP contribution < -0.4 is 10.3 Å². The van der Waals surface area contributed by atoms with E-state index in [1.807, 2.05) is 0 Å². The van der Waals surface area contributed by atoms with Crippen LogP contribution in [-0.4, -0.2) is 27.1 Å². The average Bonchev–Trinajstić information content (AvgIpc) is 2.99. The number of hydrogen-bond acceptors (Lipinski definition) is 4. The molecule has 2 heterocycles. The normalized spacial score (nSPS) is 10.7. The van der Waals surface area contributed by atoms with E-state index < -0.39 is 0 Å². The maximum Gasteiger partial charge on any atom is 0.276 e. The number of ether oxygens (including phenoxy) is 1. The van der Waals surface area contributed by atoms with Crippen LogP contribution in [0.2, 0.25) is 0 Å². The van der Waals surface area contributed by atoms with Crippen molar-refractivity contribution in [2.75, 3.05) is 7.11 Å². The van der Waals surface area contributed by atoms with Crippen LogP contribution in [0, 0.1) is 0 Å². The molecule has 6 heteroatoms. The van der Waals surface area contributed by atoms with Crippen molar-refractivity contribution in [2.24, 2.45) is 0 Å². The molecule has 0 spiro atoms. The minimum atomic E-state index is -0.244. The second-order valence-corrected chi connectivity index (χ2v) is 4.55. The molecule has 2 aromatic heterocycles. The zero-order valence-corrected chi connectivity index (χ0v) is 11.4. The summed E-state index contributed by atoms with van der Waals surface area (Å²) in [5, 5.41) is 3.98. The molecular formula is C15H13N3O3. The first kappa shape index (κ1) is 13.1. The van der Waals surface area contributed by atoms with Crippen molar-refractivity contribution in [3.05, 3.63) is 64.8 Å². The number of hydrogen-bond donors (Lipinski definition) is 0. The number of carbonyl (C=O) groups excluding carboxylic acids is 1. The van der Waals surface area contributed by atoms with Gasteiger partial charge in [-0.05, 0) is 18.2 Å². The summed E-state index contributed by atoms with van der Waals surface area (Å²) in [6, 6.07) is 8.49. The summed E-state index contributed by atoms with van der Waals surface area (Å²) in [5.74, 6) is 0.458. The van der Waals surface area contributed by atoms with Crippen molar-refractivity contribution in [2.45, 2.75) is 6.54 Å². The molecule has 0 fully saturated rings. The number of benzene rings is 1. The Bertz CT molecular complexity index is 864. The fraction of sp³-hybridized carbons (Fsp3) is 0.133. The van der Waals surface area contributed by atoms with Gasteiger partial charge in [-0.15, -0.1) is 0 Å². The highest BCUT2D eigenvalue weighted by molar-refractivity contribution is 5.96. The second kappa shape index (κ2) is 5.24. The van der Waals surface area contributed by atoms with Gasteiger partial charge in [0.25, 0.3) is 5.56 Å². The third-order valence-electron chi connectivity index (χ3n) is 3.24. The Morgan fingerprint density at radius 1 is 1.29 bits per heavy atom. The van der Waals surface area contributed by atoms with E-state index in [1.165, 1.54) is 9.08 Å². The summed E-state index contributed by atoms with van der Waals surface area (Å²) in [5.41, 5.74) is 0.705. The number of Topliss-reactive ketones (excluding diaryl/α,β-unsaturated/α-hetero) is 1. The number of fused-ring (bicyclic) bond motifs is 1. The van der Waals surface area contributed by atoms with Gasteiger partial charge in [-0.1, -0.05) is 12.1 Å². The summed E-state index contributed by atoms with van der Waals surface area (Å²) in [6.07, 6.45) is 4.75. The minimum Gasteiger partial charge on any atom is -0.497 e. The molecule has 1 aromatic carbocycles. The Kier molecular flexibility index (Phi) is 3.27. The summed E-state index contributed by atoms with van der Waals surface area (Å²) < 4.78 is 7.95. The van der Waals surface area contributed by atoms with E-state index >= 15 is 0 Å². The summed E-state index contributed by atoms with van der Waals surface area (Å²) in [6.45, 7) is -0.0202. The Morgan fingerprint density at radius 2 is 2.14 bits per heavy atom. The van der Waals surface area contributed by atoms with Crippen molar-refractivity contribution >= 4 is 11.3 Å². The average molecular weight is 283 g/mol. The monoisotopic (exact) mass is 283 g/mol. The molecule has 0 unspecified atom stereocenters. The largest absolute Gasteiger partial charge is 0.497 e. The van der Waals surface area contributed by atoms with E-state index in [1.54, 1.807) is 56.0 Å². The standard InChI is InChI=1S/C15H13N3O3/c1-21-12-4-2-3-11(9-12)14(19)10-17-7-8-18-13(15(17)20)5-6-16-18/h2-9H,10H2,1H3. The maximum absolute atomic E-state index is 12.3. The lowest BCUT2D eigenvalue weighted by molar-refractivity contribution is 0.0970. The SMILES string of the molecule is COc1cccc(C(=O)Cn2ccn3nccc3c2=O)c1. The van der Waals surface area contributed by atoms with Gasteiger partial charge < -0.3 is 9.30 Å². The van der Waals surface area contributed by atoms with Crippen LogP contribution in [0.4, 0.5) is 0 Å². The first-order valence-corrected chi connectivity index (χ1v) is 6.39. The molecule has 0 bridgehead atoms. The van der Waals surface area contributed by atoms with Crippen molar-refractivity contribution in [3.63, 3.8) is 0 Å². The van der Waals surface area contributed by atoms with Gasteiger partial charge >= 0.3 is 0 Å². The number of aromatic nitrogens is 3. The zero-order valence-electron chi connectivity index (χ0n) is 11.4. The highest BCUT2D eigenvalue weighted by atomic mass is 16.5. The summed E-state index contributed by atoms with van der Waals surface area (Å²) >= 11 is 0. The van der Waals surface area contributed by atoms with E-state index in [2.05, 4.69) is 5.10 Å². The summed E-state index contributed by atoms with van der Waals surface area (Å²) in [7, 11) is 1.54. The van der Waals surface area contributed by atoms with E-state index in [0.29, 0.717) is 16.8 Å². The predicted molar refractivity (Wildman–Crippen MR) is 76.8 cm³/mol. The highest BCUT2D eigenvalue weighted by Gasteiger charge is 2.10. The fourth-order valence-electron chi connectivity index (χ4n) is 2.13. The molecule has 0 saturated heterocycles. The molecule has 6 nitrogen and oxygen atoms in total. The number of carbonyl (C=O) groups is 1. The minimum absolute atomic E-state index is 0.0202. The Labute approximate surface area is 120 Å². The quantitative estimate of drug-likeness (QED) is 0.679. The molecule has 106 valence electrons. The lowest BCUT2D eigenvalue weighted by atomic mass is 10.1. The molecule has 0 aliphatic rings. The van der Waals surface area contributed by atoms with Crippen molar-refractivity contribution < 1.29 is 9.53 Å².